The Morgan fingerprint density at radius 3 is 3.18 bits per heavy atom. The molecule has 1 fully saturated rings. The molecule has 1 N–H and O–H groups in total. The third-order valence-corrected chi connectivity index (χ3v) is 2.28. The predicted molar refractivity (Wildman–Crippen MR) is 43.2 cm³/mol. The zero-order valence-corrected chi connectivity index (χ0v) is 6.75. The Kier molecular flexibility index (Phi) is 1.66. The number of rotatable bonds is 1. The molecule has 3 nitrogen and oxygen atoms in total. The Hall–Kier alpha value is -0.830. The summed E-state index contributed by atoms with van der Waals surface area (Å²) in [5.74, 6) is 0. The second-order valence-electron chi connectivity index (χ2n) is 3.03. The minimum absolute atomic E-state index is 0.544. The molecule has 1 aliphatic heterocycles. The van der Waals surface area contributed by atoms with Gasteiger partial charge in [0.05, 0.1) is 5.69 Å². The molecule has 0 amide bonds. The standard InChI is InChI=1S/C8H13N3/c1-11-8(4-6-10-11)7-3-2-5-9-7/h4,6-7,9H,2-3,5H2,1H3/t7-/m0/s1. The van der Waals surface area contributed by atoms with Crippen LogP contribution in [-0.2, 0) is 7.05 Å². The SMILES string of the molecule is Cn1nccc1[C@@H]1CCCN1. The number of aromatic nitrogens is 2. The number of hydrogen-bond donors (Lipinski definition) is 1. The summed E-state index contributed by atoms with van der Waals surface area (Å²) in [6.07, 6.45) is 4.39. The van der Waals surface area contributed by atoms with E-state index < -0.39 is 0 Å². The number of nitrogens with one attached hydrogen (secondary N) is 1. The Morgan fingerprint density at radius 1 is 1.73 bits per heavy atom. The van der Waals surface area contributed by atoms with Gasteiger partial charge in [-0.25, -0.2) is 0 Å². The summed E-state index contributed by atoms with van der Waals surface area (Å²) in [5, 5.41) is 7.58. The van der Waals surface area contributed by atoms with E-state index in [0.717, 1.165) is 6.54 Å². The first-order valence-corrected chi connectivity index (χ1v) is 4.09. The van der Waals surface area contributed by atoms with E-state index in [1.165, 1.54) is 18.5 Å². The maximum absolute atomic E-state index is 4.14. The van der Waals surface area contributed by atoms with Crippen LogP contribution in [0.3, 0.4) is 0 Å². The minimum atomic E-state index is 0.544. The van der Waals surface area contributed by atoms with Gasteiger partial charge in [0.2, 0.25) is 0 Å². The van der Waals surface area contributed by atoms with Crippen LogP contribution in [0.1, 0.15) is 24.6 Å². The van der Waals surface area contributed by atoms with Crippen molar-refractivity contribution in [2.45, 2.75) is 18.9 Å². The topological polar surface area (TPSA) is 29.9 Å². The predicted octanol–water partition coefficient (Wildman–Crippen LogP) is 0.845. The summed E-state index contributed by atoms with van der Waals surface area (Å²) in [6.45, 7) is 1.15. The van der Waals surface area contributed by atoms with E-state index in [-0.39, 0.29) is 0 Å². The second kappa shape index (κ2) is 2.66. The molecule has 1 aromatic heterocycles. The van der Waals surface area contributed by atoms with Crippen LogP contribution in [0.5, 0.6) is 0 Å². The Balaban J connectivity index is 2.21. The first kappa shape index (κ1) is 6.85. The molecule has 1 atom stereocenters. The first-order valence-electron chi connectivity index (χ1n) is 4.09. The van der Waals surface area contributed by atoms with Crippen LogP contribution in [0.15, 0.2) is 12.3 Å². The Labute approximate surface area is 66.4 Å². The molecule has 11 heavy (non-hydrogen) atoms. The van der Waals surface area contributed by atoms with Gasteiger partial charge < -0.3 is 5.32 Å². The van der Waals surface area contributed by atoms with Crippen molar-refractivity contribution >= 4 is 0 Å². The van der Waals surface area contributed by atoms with Crippen LogP contribution in [0.4, 0.5) is 0 Å². The fourth-order valence-corrected chi connectivity index (χ4v) is 1.66. The summed E-state index contributed by atoms with van der Waals surface area (Å²) in [6, 6.07) is 2.63. The lowest BCUT2D eigenvalue weighted by Crippen LogP contribution is -2.16. The lowest BCUT2D eigenvalue weighted by atomic mass is 10.2. The fourth-order valence-electron chi connectivity index (χ4n) is 1.66. The zero-order chi connectivity index (χ0) is 7.68. The van der Waals surface area contributed by atoms with Crippen molar-refractivity contribution in [3.8, 4) is 0 Å². The normalized spacial score (nSPS) is 24.3. The van der Waals surface area contributed by atoms with E-state index in [0.29, 0.717) is 6.04 Å². The Morgan fingerprint density at radius 2 is 2.64 bits per heavy atom. The molecule has 60 valence electrons. The molecule has 0 unspecified atom stereocenters. The van der Waals surface area contributed by atoms with Gasteiger partial charge in [-0.15, -0.1) is 0 Å². The molecule has 0 spiro atoms. The minimum Gasteiger partial charge on any atom is -0.309 e. The van der Waals surface area contributed by atoms with E-state index in [4.69, 9.17) is 0 Å². The van der Waals surface area contributed by atoms with Gasteiger partial charge in [-0.05, 0) is 25.5 Å². The maximum atomic E-state index is 4.14. The van der Waals surface area contributed by atoms with Crippen LogP contribution >= 0.6 is 0 Å². The van der Waals surface area contributed by atoms with Crippen molar-refractivity contribution in [1.29, 1.82) is 0 Å². The highest BCUT2D eigenvalue weighted by Crippen LogP contribution is 2.21. The Bertz CT molecular complexity index is 235. The molecule has 0 aliphatic carbocycles. The van der Waals surface area contributed by atoms with Gasteiger partial charge in [0.1, 0.15) is 0 Å². The van der Waals surface area contributed by atoms with E-state index in [1.807, 2.05) is 17.9 Å². The van der Waals surface area contributed by atoms with Gasteiger partial charge in [-0.3, -0.25) is 4.68 Å². The smallest absolute Gasteiger partial charge is 0.0550 e. The molecule has 0 radical (unpaired) electrons. The summed E-state index contributed by atoms with van der Waals surface area (Å²) in [5.41, 5.74) is 1.31. The molecule has 3 heteroatoms. The van der Waals surface area contributed by atoms with Gasteiger partial charge >= 0.3 is 0 Å². The highest BCUT2D eigenvalue weighted by Gasteiger charge is 2.18. The van der Waals surface area contributed by atoms with Crippen molar-refractivity contribution in [3.05, 3.63) is 18.0 Å². The summed E-state index contributed by atoms with van der Waals surface area (Å²) >= 11 is 0. The number of aryl methyl sites for hydroxylation is 1. The third kappa shape index (κ3) is 1.16. The van der Waals surface area contributed by atoms with Gasteiger partial charge in [0.25, 0.3) is 0 Å². The fraction of sp³-hybridized carbons (Fsp3) is 0.625. The molecular weight excluding hydrogens is 138 g/mol. The zero-order valence-electron chi connectivity index (χ0n) is 6.75. The molecule has 2 rings (SSSR count). The molecule has 1 aromatic rings. The van der Waals surface area contributed by atoms with Crippen LogP contribution in [0, 0.1) is 0 Å². The lowest BCUT2D eigenvalue weighted by Gasteiger charge is -2.09. The van der Waals surface area contributed by atoms with Gasteiger partial charge in [0, 0.05) is 19.3 Å². The van der Waals surface area contributed by atoms with E-state index in [2.05, 4.69) is 16.5 Å². The van der Waals surface area contributed by atoms with Crippen LogP contribution in [0.25, 0.3) is 0 Å². The average Bonchev–Trinajstić information content (AvgIpc) is 2.55. The maximum Gasteiger partial charge on any atom is 0.0550 e. The van der Waals surface area contributed by atoms with Gasteiger partial charge in [-0.1, -0.05) is 0 Å². The summed E-state index contributed by atoms with van der Waals surface area (Å²) < 4.78 is 1.95. The second-order valence-corrected chi connectivity index (χ2v) is 3.03. The monoisotopic (exact) mass is 151 g/mol. The van der Waals surface area contributed by atoms with Crippen molar-refractivity contribution in [2.24, 2.45) is 7.05 Å². The van der Waals surface area contributed by atoms with Crippen LogP contribution in [-0.4, -0.2) is 16.3 Å². The van der Waals surface area contributed by atoms with Crippen LogP contribution < -0.4 is 5.32 Å². The molecule has 1 saturated heterocycles. The quantitative estimate of drug-likeness (QED) is 0.644. The molecule has 0 bridgehead atoms. The van der Waals surface area contributed by atoms with Crippen molar-refractivity contribution in [1.82, 2.24) is 15.1 Å². The third-order valence-electron chi connectivity index (χ3n) is 2.28. The van der Waals surface area contributed by atoms with Crippen molar-refractivity contribution in [2.75, 3.05) is 6.54 Å². The molecule has 2 heterocycles. The highest BCUT2D eigenvalue weighted by atomic mass is 15.3. The van der Waals surface area contributed by atoms with Crippen molar-refractivity contribution in [3.63, 3.8) is 0 Å². The first-order chi connectivity index (χ1) is 5.38. The van der Waals surface area contributed by atoms with Gasteiger partial charge in [-0.2, -0.15) is 5.10 Å². The van der Waals surface area contributed by atoms with E-state index in [9.17, 15) is 0 Å². The van der Waals surface area contributed by atoms with Crippen molar-refractivity contribution < 1.29 is 0 Å². The number of nitrogens with zero attached hydrogens (tertiary/aromatic N) is 2. The molecule has 0 aromatic carbocycles. The van der Waals surface area contributed by atoms with E-state index >= 15 is 0 Å². The summed E-state index contributed by atoms with van der Waals surface area (Å²) in [4.78, 5) is 0. The summed E-state index contributed by atoms with van der Waals surface area (Å²) in [7, 11) is 2.00. The average molecular weight is 151 g/mol. The lowest BCUT2D eigenvalue weighted by molar-refractivity contribution is 0.574. The van der Waals surface area contributed by atoms with E-state index in [1.54, 1.807) is 0 Å². The largest absolute Gasteiger partial charge is 0.309 e. The molecule has 1 aliphatic rings. The molecular formula is C8H13N3. The number of hydrogen-bond acceptors (Lipinski definition) is 2. The van der Waals surface area contributed by atoms with Crippen LogP contribution in [0.2, 0.25) is 0 Å². The molecule has 0 saturated carbocycles. The van der Waals surface area contributed by atoms with Gasteiger partial charge in [0.15, 0.2) is 0 Å². The highest BCUT2D eigenvalue weighted by molar-refractivity contribution is 5.07.